The first-order chi connectivity index (χ1) is 15.5. The molecule has 0 atom stereocenters. The summed E-state index contributed by atoms with van der Waals surface area (Å²) in [6, 6.07) is 15.4. The Balaban J connectivity index is 1.45. The number of aryl methyl sites for hydroxylation is 2. The lowest BCUT2D eigenvalue weighted by Crippen LogP contribution is -2.11. The molecule has 0 radical (unpaired) electrons. The number of nitrogens with zero attached hydrogens (tertiary/aromatic N) is 5. The predicted octanol–water partition coefficient (Wildman–Crippen LogP) is 5.19. The molecule has 5 aromatic rings. The van der Waals surface area contributed by atoms with Crippen molar-refractivity contribution in [1.82, 2.24) is 30.2 Å². The minimum atomic E-state index is -0.136. The number of hydrogen-bond donors (Lipinski definition) is 1. The summed E-state index contributed by atoms with van der Waals surface area (Å²) in [5.74, 6) is 1.01. The minimum Gasteiger partial charge on any atom is -0.309 e. The SMILES string of the molecule is Cc1ccc(-c2c(C)sc3nc(CSc4nnnn4-c4ccc(Cl)cc4)[nH]c(=O)c23)cc1. The summed E-state index contributed by atoms with van der Waals surface area (Å²) >= 11 is 8.90. The highest BCUT2D eigenvalue weighted by atomic mass is 35.5. The number of aromatic nitrogens is 6. The number of fused-ring (bicyclic) bond motifs is 1. The van der Waals surface area contributed by atoms with Crippen LogP contribution in [0.2, 0.25) is 5.02 Å². The second kappa shape index (κ2) is 8.50. The van der Waals surface area contributed by atoms with Crippen LogP contribution in [-0.2, 0) is 5.75 Å². The van der Waals surface area contributed by atoms with Gasteiger partial charge in [-0.1, -0.05) is 53.2 Å². The first kappa shape index (κ1) is 20.9. The second-order valence-electron chi connectivity index (χ2n) is 7.23. The van der Waals surface area contributed by atoms with Gasteiger partial charge in [0.1, 0.15) is 10.7 Å². The first-order valence-electron chi connectivity index (χ1n) is 9.76. The van der Waals surface area contributed by atoms with E-state index in [-0.39, 0.29) is 5.56 Å². The van der Waals surface area contributed by atoms with Crippen LogP contribution in [0.15, 0.2) is 58.5 Å². The average Bonchev–Trinajstić information content (AvgIpc) is 3.37. The number of thioether (sulfide) groups is 1. The predicted molar refractivity (Wildman–Crippen MR) is 129 cm³/mol. The largest absolute Gasteiger partial charge is 0.309 e. The van der Waals surface area contributed by atoms with E-state index in [0.29, 0.717) is 27.1 Å². The molecule has 3 aromatic heterocycles. The lowest BCUT2D eigenvalue weighted by molar-refractivity contribution is 0.756. The third-order valence-electron chi connectivity index (χ3n) is 4.98. The summed E-state index contributed by atoms with van der Waals surface area (Å²) < 4.78 is 1.63. The van der Waals surface area contributed by atoms with E-state index in [1.165, 1.54) is 28.7 Å². The first-order valence-corrected chi connectivity index (χ1v) is 11.9. The Morgan fingerprint density at radius 3 is 2.59 bits per heavy atom. The van der Waals surface area contributed by atoms with Gasteiger partial charge >= 0.3 is 0 Å². The maximum atomic E-state index is 13.0. The number of H-pyrrole nitrogens is 1. The maximum Gasteiger partial charge on any atom is 0.260 e. The van der Waals surface area contributed by atoms with Gasteiger partial charge in [0.15, 0.2) is 0 Å². The number of rotatable bonds is 5. The van der Waals surface area contributed by atoms with Crippen LogP contribution < -0.4 is 5.56 Å². The van der Waals surface area contributed by atoms with Crippen LogP contribution >= 0.6 is 34.7 Å². The van der Waals surface area contributed by atoms with Crippen molar-refractivity contribution >= 4 is 44.9 Å². The molecule has 3 heterocycles. The molecule has 32 heavy (non-hydrogen) atoms. The standard InChI is InChI=1S/C22H17ClN6OS2/c1-12-3-5-14(6-4-12)18-13(2)32-21-19(18)20(30)24-17(25-21)11-31-22-26-27-28-29(22)16-9-7-15(23)8-10-16/h3-10H,11H2,1-2H3,(H,24,25,30). The smallest absolute Gasteiger partial charge is 0.260 e. The Morgan fingerprint density at radius 1 is 1.09 bits per heavy atom. The van der Waals surface area contributed by atoms with Gasteiger partial charge < -0.3 is 4.98 Å². The molecule has 0 unspecified atom stereocenters. The Morgan fingerprint density at radius 2 is 1.84 bits per heavy atom. The van der Waals surface area contributed by atoms with Crippen LogP contribution in [0.25, 0.3) is 27.0 Å². The molecule has 0 fully saturated rings. The van der Waals surface area contributed by atoms with Gasteiger partial charge in [0, 0.05) is 15.5 Å². The summed E-state index contributed by atoms with van der Waals surface area (Å²) in [6.07, 6.45) is 0. The van der Waals surface area contributed by atoms with E-state index >= 15 is 0 Å². The van der Waals surface area contributed by atoms with E-state index in [4.69, 9.17) is 16.6 Å². The monoisotopic (exact) mass is 480 g/mol. The molecule has 0 aliphatic carbocycles. The Hall–Kier alpha value is -3.01. The summed E-state index contributed by atoms with van der Waals surface area (Å²) in [5.41, 5.74) is 3.82. The van der Waals surface area contributed by atoms with Crippen molar-refractivity contribution in [3.8, 4) is 16.8 Å². The highest BCUT2D eigenvalue weighted by Gasteiger charge is 2.17. The number of aromatic amines is 1. The van der Waals surface area contributed by atoms with Crippen LogP contribution in [0.1, 0.15) is 16.3 Å². The maximum absolute atomic E-state index is 13.0. The molecule has 0 saturated carbocycles. The third-order valence-corrected chi connectivity index (χ3v) is 7.16. The van der Waals surface area contributed by atoms with E-state index < -0.39 is 0 Å². The Labute approximate surface area is 196 Å². The van der Waals surface area contributed by atoms with Crippen LogP contribution in [-0.4, -0.2) is 30.2 Å². The van der Waals surface area contributed by atoms with Gasteiger partial charge in [0.2, 0.25) is 5.16 Å². The third kappa shape index (κ3) is 3.94. The van der Waals surface area contributed by atoms with Crippen molar-refractivity contribution in [2.45, 2.75) is 24.8 Å². The fraction of sp³-hybridized carbons (Fsp3) is 0.136. The quantitative estimate of drug-likeness (QED) is 0.348. The van der Waals surface area contributed by atoms with Crippen LogP contribution in [0.5, 0.6) is 0 Å². The Kier molecular flexibility index (Phi) is 5.54. The highest BCUT2D eigenvalue weighted by molar-refractivity contribution is 7.98. The molecule has 2 aromatic carbocycles. The topological polar surface area (TPSA) is 89.3 Å². The average molecular weight is 481 g/mol. The van der Waals surface area contributed by atoms with Crippen LogP contribution in [0, 0.1) is 13.8 Å². The summed E-state index contributed by atoms with van der Waals surface area (Å²) in [6.45, 7) is 4.07. The van der Waals surface area contributed by atoms with Crippen molar-refractivity contribution < 1.29 is 0 Å². The lowest BCUT2D eigenvalue weighted by atomic mass is 10.0. The molecule has 10 heteroatoms. The van der Waals surface area contributed by atoms with E-state index in [1.54, 1.807) is 16.8 Å². The summed E-state index contributed by atoms with van der Waals surface area (Å²) in [5, 5.41) is 13.8. The highest BCUT2D eigenvalue weighted by Crippen LogP contribution is 2.36. The molecule has 7 nitrogen and oxygen atoms in total. The van der Waals surface area contributed by atoms with Crippen LogP contribution in [0.3, 0.4) is 0 Å². The zero-order valence-electron chi connectivity index (χ0n) is 17.2. The number of halogens is 1. The van der Waals surface area contributed by atoms with Crippen molar-refractivity contribution in [2.75, 3.05) is 0 Å². The second-order valence-corrected chi connectivity index (χ2v) is 9.81. The summed E-state index contributed by atoms with van der Waals surface area (Å²) in [4.78, 5) is 22.5. The number of benzene rings is 2. The fourth-order valence-corrected chi connectivity index (χ4v) is 5.40. The lowest BCUT2D eigenvalue weighted by Gasteiger charge is -2.05. The molecular weight excluding hydrogens is 464 g/mol. The molecule has 0 aliphatic heterocycles. The molecule has 0 spiro atoms. The Bertz CT molecular complexity index is 1470. The zero-order valence-corrected chi connectivity index (χ0v) is 19.6. The van der Waals surface area contributed by atoms with Crippen molar-refractivity contribution in [3.05, 3.63) is 80.2 Å². The van der Waals surface area contributed by atoms with Gasteiger partial charge in [-0.25, -0.2) is 4.98 Å². The number of tetrazole rings is 1. The van der Waals surface area contributed by atoms with E-state index in [1.807, 2.05) is 38.1 Å². The molecule has 0 amide bonds. The summed E-state index contributed by atoms with van der Waals surface area (Å²) in [7, 11) is 0. The van der Waals surface area contributed by atoms with Gasteiger partial charge in [0.05, 0.1) is 16.8 Å². The van der Waals surface area contributed by atoms with Crippen LogP contribution in [0.4, 0.5) is 0 Å². The van der Waals surface area contributed by atoms with Gasteiger partial charge in [0.25, 0.3) is 5.56 Å². The molecule has 0 aliphatic rings. The van der Waals surface area contributed by atoms with E-state index in [0.717, 1.165) is 26.5 Å². The molecule has 160 valence electrons. The van der Waals surface area contributed by atoms with E-state index in [9.17, 15) is 4.79 Å². The zero-order chi connectivity index (χ0) is 22.2. The van der Waals surface area contributed by atoms with Gasteiger partial charge in [-0.3, -0.25) is 4.79 Å². The molecule has 5 rings (SSSR count). The molecule has 0 saturated heterocycles. The normalized spacial score (nSPS) is 11.3. The molecule has 1 N–H and O–H groups in total. The minimum absolute atomic E-state index is 0.136. The van der Waals surface area contributed by atoms with Gasteiger partial charge in [-0.15, -0.1) is 16.4 Å². The van der Waals surface area contributed by atoms with Gasteiger partial charge in [-0.05, 0) is 54.1 Å². The number of nitrogens with one attached hydrogen (secondary N) is 1. The van der Waals surface area contributed by atoms with Crippen molar-refractivity contribution in [1.29, 1.82) is 0 Å². The molecular formula is C22H17ClN6OS2. The number of hydrogen-bond acceptors (Lipinski definition) is 7. The fourth-order valence-electron chi connectivity index (χ4n) is 3.45. The van der Waals surface area contributed by atoms with E-state index in [2.05, 4.69) is 32.6 Å². The number of thiophene rings is 1. The molecule has 0 bridgehead atoms. The van der Waals surface area contributed by atoms with Crippen molar-refractivity contribution in [2.24, 2.45) is 0 Å². The van der Waals surface area contributed by atoms with Crippen molar-refractivity contribution in [3.63, 3.8) is 0 Å². The van der Waals surface area contributed by atoms with Gasteiger partial charge in [-0.2, -0.15) is 4.68 Å².